The number of rotatable bonds is 10. The fraction of sp³-hybridized carbons (Fsp3) is 0.611. The van der Waals surface area contributed by atoms with Gasteiger partial charge in [-0.15, -0.1) is 24.0 Å². The largest absolute Gasteiger partial charge is 0.382 e. The van der Waals surface area contributed by atoms with Crippen molar-refractivity contribution in [3.63, 3.8) is 0 Å². The van der Waals surface area contributed by atoms with Gasteiger partial charge < -0.3 is 20.3 Å². The van der Waals surface area contributed by atoms with E-state index in [1.165, 1.54) is 11.3 Å². The Morgan fingerprint density at radius 2 is 1.83 bits per heavy atom. The second-order valence-electron chi connectivity index (χ2n) is 5.55. The zero-order valence-electron chi connectivity index (χ0n) is 15.5. The van der Waals surface area contributed by atoms with Gasteiger partial charge in [0.05, 0.1) is 0 Å². The summed E-state index contributed by atoms with van der Waals surface area (Å²) in [5.41, 5.74) is 2.56. The molecule has 24 heavy (non-hydrogen) atoms. The molecule has 138 valence electrons. The Morgan fingerprint density at radius 1 is 1.12 bits per heavy atom. The molecule has 0 atom stereocenters. The summed E-state index contributed by atoms with van der Waals surface area (Å²) in [7, 11) is 4.11. The molecular formula is C18H33IN4O. The zero-order chi connectivity index (χ0) is 16.9. The third kappa shape index (κ3) is 9.97. The van der Waals surface area contributed by atoms with Crippen LogP contribution in [0.15, 0.2) is 29.3 Å². The first-order valence-electron chi connectivity index (χ1n) is 8.53. The van der Waals surface area contributed by atoms with Crippen LogP contribution < -0.4 is 15.5 Å². The zero-order valence-corrected chi connectivity index (χ0v) is 17.8. The van der Waals surface area contributed by atoms with Crippen molar-refractivity contribution in [2.75, 3.05) is 51.8 Å². The summed E-state index contributed by atoms with van der Waals surface area (Å²) >= 11 is 0. The molecular weight excluding hydrogens is 415 g/mol. The van der Waals surface area contributed by atoms with E-state index >= 15 is 0 Å². The SMILES string of the molecule is CCNC(=NCCCOCC)NCCc1ccc(N(C)C)cc1.I. The van der Waals surface area contributed by atoms with Gasteiger partial charge in [0.15, 0.2) is 5.96 Å². The number of aliphatic imine (C=N–C) groups is 1. The van der Waals surface area contributed by atoms with Gasteiger partial charge in [0.2, 0.25) is 0 Å². The number of guanidine groups is 1. The highest BCUT2D eigenvalue weighted by Gasteiger charge is 1.99. The van der Waals surface area contributed by atoms with E-state index in [4.69, 9.17) is 4.74 Å². The van der Waals surface area contributed by atoms with Crippen LogP contribution in [0.4, 0.5) is 5.69 Å². The van der Waals surface area contributed by atoms with E-state index in [9.17, 15) is 0 Å². The van der Waals surface area contributed by atoms with Crippen LogP contribution in [0.5, 0.6) is 0 Å². The normalized spacial score (nSPS) is 10.9. The summed E-state index contributed by atoms with van der Waals surface area (Å²) in [6.45, 7) is 8.17. The molecule has 0 aliphatic rings. The molecule has 1 aromatic carbocycles. The van der Waals surface area contributed by atoms with Gasteiger partial charge in [0.25, 0.3) is 0 Å². The van der Waals surface area contributed by atoms with Crippen LogP contribution in [-0.4, -0.2) is 52.9 Å². The Hall–Kier alpha value is -1.02. The molecule has 0 saturated carbocycles. The molecule has 0 heterocycles. The first-order chi connectivity index (χ1) is 11.2. The van der Waals surface area contributed by atoms with Crippen molar-refractivity contribution >= 4 is 35.6 Å². The molecule has 1 aromatic rings. The molecule has 6 heteroatoms. The van der Waals surface area contributed by atoms with Crippen molar-refractivity contribution in [2.45, 2.75) is 26.7 Å². The third-order valence-electron chi connectivity index (χ3n) is 3.42. The van der Waals surface area contributed by atoms with Crippen molar-refractivity contribution in [2.24, 2.45) is 4.99 Å². The Bertz CT molecular complexity index is 449. The monoisotopic (exact) mass is 448 g/mol. The van der Waals surface area contributed by atoms with Crippen LogP contribution in [0.2, 0.25) is 0 Å². The minimum Gasteiger partial charge on any atom is -0.382 e. The third-order valence-corrected chi connectivity index (χ3v) is 3.42. The minimum atomic E-state index is 0. The standard InChI is InChI=1S/C18H32N4O.HI/c1-5-19-18(20-13-7-15-23-6-2)21-14-12-16-8-10-17(11-9-16)22(3)4;/h8-11H,5-7,12-15H2,1-4H3,(H2,19,20,21);1H. The van der Waals surface area contributed by atoms with Crippen LogP contribution in [0.25, 0.3) is 0 Å². The number of hydrogen-bond donors (Lipinski definition) is 2. The highest BCUT2D eigenvalue weighted by Crippen LogP contribution is 2.12. The molecule has 2 N–H and O–H groups in total. The van der Waals surface area contributed by atoms with E-state index < -0.39 is 0 Å². The molecule has 0 aliphatic carbocycles. The average molecular weight is 448 g/mol. The number of anilines is 1. The Labute approximate surface area is 164 Å². The molecule has 0 bridgehead atoms. The lowest BCUT2D eigenvalue weighted by atomic mass is 10.1. The van der Waals surface area contributed by atoms with Gasteiger partial charge >= 0.3 is 0 Å². The van der Waals surface area contributed by atoms with E-state index in [1.807, 2.05) is 6.92 Å². The molecule has 1 rings (SSSR count). The lowest BCUT2D eigenvalue weighted by Gasteiger charge is -2.13. The maximum absolute atomic E-state index is 5.33. The van der Waals surface area contributed by atoms with E-state index in [-0.39, 0.29) is 24.0 Å². The van der Waals surface area contributed by atoms with Crippen LogP contribution >= 0.6 is 24.0 Å². The molecule has 0 amide bonds. The summed E-state index contributed by atoms with van der Waals surface area (Å²) in [6.07, 6.45) is 1.94. The molecule has 0 saturated heterocycles. The lowest BCUT2D eigenvalue weighted by molar-refractivity contribution is 0.146. The average Bonchev–Trinajstić information content (AvgIpc) is 2.55. The van der Waals surface area contributed by atoms with Gasteiger partial charge in [0, 0.05) is 52.6 Å². The molecule has 0 aromatic heterocycles. The maximum atomic E-state index is 5.33. The number of hydrogen-bond acceptors (Lipinski definition) is 3. The van der Waals surface area contributed by atoms with E-state index in [0.717, 1.165) is 51.6 Å². The molecule has 0 aliphatic heterocycles. The molecule has 5 nitrogen and oxygen atoms in total. The quantitative estimate of drug-likeness (QED) is 0.250. The molecule has 0 radical (unpaired) electrons. The number of ether oxygens (including phenoxy) is 1. The van der Waals surface area contributed by atoms with Gasteiger partial charge in [-0.1, -0.05) is 12.1 Å². The summed E-state index contributed by atoms with van der Waals surface area (Å²) in [4.78, 5) is 6.67. The first-order valence-corrected chi connectivity index (χ1v) is 8.53. The highest BCUT2D eigenvalue weighted by atomic mass is 127. The van der Waals surface area contributed by atoms with Gasteiger partial charge in [0.1, 0.15) is 0 Å². The van der Waals surface area contributed by atoms with Crippen LogP contribution in [-0.2, 0) is 11.2 Å². The number of halogens is 1. The predicted octanol–water partition coefficient (Wildman–Crippen LogP) is 2.89. The molecule has 0 fully saturated rings. The summed E-state index contributed by atoms with van der Waals surface area (Å²) in [5.74, 6) is 0.883. The van der Waals surface area contributed by atoms with E-state index in [0.29, 0.717) is 0 Å². The topological polar surface area (TPSA) is 48.9 Å². The van der Waals surface area contributed by atoms with Crippen molar-refractivity contribution < 1.29 is 4.74 Å². The summed E-state index contributed by atoms with van der Waals surface area (Å²) in [6, 6.07) is 8.68. The summed E-state index contributed by atoms with van der Waals surface area (Å²) in [5, 5.41) is 6.66. The van der Waals surface area contributed by atoms with Crippen LogP contribution in [0.3, 0.4) is 0 Å². The Kier molecular flexibility index (Phi) is 13.7. The van der Waals surface area contributed by atoms with E-state index in [1.54, 1.807) is 0 Å². The minimum absolute atomic E-state index is 0. The van der Waals surface area contributed by atoms with Gasteiger partial charge in [-0.3, -0.25) is 4.99 Å². The highest BCUT2D eigenvalue weighted by molar-refractivity contribution is 14.0. The lowest BCUT2D eigenvalue weighted by Crippen LogP contribution is -2.38. The van der Waals surface area contributed by atoms with Gasteiger partial charge in [-0.2, -0.15) is 0 Å². The van der Waals surface area contributed by atoms with Crippen molar-refractivity contribution in [1.82, 2.24) is 10.6 Å². The van der Waals surface area contributed by atoms with Gasteiger partial charge in [-0.05, 0) is 44.4 Å². The maximum Gasteiger partial charge on any atom is 0.191 e. The number of benzene rings is 1. The summed E-state index contributed by atoms with van der Waals surface area (Å²) < 4.78 is 5.33. The molecule has 0 spiro atoms. The second-order valence-corrected chi connectivity index (χ2v) is 5.55. The fourth-order valence-corrected chi connectivity index (χ4v) is 2.13. The van der Waals surface area contributed by atoms with E-state index in [2.05, 4.69) is 65.8 Å². The Balaban J connectivity index is 0.00000529. The number of nitrogens with one attached hydrogen (secondary N) is 2. The predicted molar refractivity (Wildman–Crippen MR) is 115 cm³/mol. The van der Waals surface area contributed by atoms with Crippen LogP contribution in [0, 0.1) is 0 Å². The number of nitrogens with zero attached hydrogens (tertiary/aromatic N) is 2. The van der Waals surface area contributed by atoms with Crippen molar-refractivity contribution in [1.29, 1.82) is 0 Å². The van der Waals surface area contributed by atoms with Crippen LogP contribution in [0.1, 0.15) is 25.8 Å². The van der Waals surface area contributed by atoms with Gasteiger partial charge in [-0.25, -0.2) is 0 Å². The van der Waals surface area contributed by atoms with Crippen molar-refractivity contribution in [3.8, 4) is 0 Å². The van der Waals surface area contributed by atoms with Crippen molar-refractivity contribution in [3.05, 3.63) is 29.8 Å². The Morgan fingerprint density at radius 3 is 2.42 bits per heavy atom. The smallest absolute Gasteiger partial charge is 0.191 e. The fourth-order valence-electron chi connectivity index (χ4n) is 2.13. The first kappa shape index (κ1) is 23.0. The molecule has 0 unspecified atom stereocenters. The second kappa shape index (κ2) is 14.3.